The Balaban J connectivity index is 2.11. The van der Waals surface area contributed by atoms with Crippen LogP contribution in [0.4, 0.5) is 14.9 Å². The maximum absolute atomic E-state index is 13.3. The number of aryl methyl sites for hydroxylation is 1. The van der Waals surface area contributed by atoms with E-state index in [1.807, 2.05) is 6.07 Å². The molecule has 0 bridgehead atoms. The van der Waals surface area contributed by atoms with E-state index in [1.165, 1.54) is 12.1 Å². The predicted octanol–water partition coefficient (Wildman–Crippen LogP) is 2.87. The van der Waals surface area contributed by atoms with Gasteiger partial charge in [0.2, 0.25) is 5.91 Å². The van der Waals surface area contributed by atoms with Gasteiger partial charge >= 0.3 is 6.03 Å². The summed E-state index contributed by atoms with van der Waals surface area (Å²) in [4.78, 5) is 23.4. The summed E-state index contributed by atoms with van der Waals surface area (Å²) in [5.74, 6) is -0.776. The van der Waals surface area contributed by atoms with Crippen LogP contribution in [0.1, 0.15) is 23.6 Å². The van der Waals surface area contributed by atoms with Crippen LogP contribution >= 0.6 is 0 Å². The number of carbonyl (C=O) groups excluding carboxylic acids is 2. The summed E-state index contributed by atoms with van der Waals surface area (Å²) in [6.07, 6.45) is -0.0110. The third-order valence-corrected chi connectivity index (χ3v) is 3.38. The zero-order valence-electron chi connectivity index (χ0n) is 12.7. The smallest absolute Gasteiger partial charge is 0.312 e. The molecular weight excluding hydrogens is 297 g/mol. The summed E-state index contributed by atoms with van der Waals surface area (Å²) in [6, 6.07) is 11.9. The summed E-state index contributed by atoms with van der Waals surface area (Å²) in [5.41, 5.74) is 7.09. The van der Waals surface area contributed by atoms with Gasteiger partial charge in [0.05, 0.1) is 12.5 Å². The number of hydrogen-bond acceptors (Lipinski definition) is 2. The second-order valence-electron chi connectivity index (χ2n) is 5.18. The number of amides is 3. The summed E-state index contributed by atoms with van der Waals surface area (Å²) in [6.45, 7) is 1.77. The van der Waals surface area contributed by atoms with Gasteiger partial charge in [-0.1, -0.05) is 36.4 Å². The molecule has 23 heavy (non-hydrogen) atoms. The highest BCUT2D eigenvalue weighted by Crippen LogP contribution is 2.20. The van der Waals surface area contributed by atoms with E-state index in [9.17, 15) is 14.0 Å². The lowest BCUT2D eigenvalue weighted by molar-refractivity contribution is -0.116. The fourth-order valence-electron chi connectivity index (χ4n) is 2.22. The number of carbonyl (C=O) groups is 2. The molecule has 2 aromatic rings. The molecule has 2 aromatic carbocycles. The van der Waals surface area contributed by atoms with Gasteiger partial charge in [0.15, 0.2) is 0 Å². The van der Waals surface area contributed by atoms with Crippen LogP contribution < -0.4 is 16.4 Å². The SMILES string of the molecule is Cc1ccc(F)cc1NC(=O)C[C@@H](NC(N)=O)c1ccccc1. The molecule has 3 amide bonds. The Kier molecular flexibility index (Phi) is 5.30. The van der Waals surface area contributed by atoms with Crippen LogP contribution in [0.25, 0.3) is 0 Å². The lowest BCUT2D eigenvalue weighted by Crippen LogP contribution is -2.35. The maximum atomic E-state index is 13.3. The molecular formula is C17H18FN3O2. The van der Waals surface area contributed by atoms with Crippen molar-refractivity contribution in [1.82, 2.24) is 5.32 Å². The van der Waals surface area contributed by atoms with Crippen molar-refractivity contribution < 1.29 is 14.0 Å². The van der Waals surface area contributed by atoms with Crippen LogP contribution in [0.3, 0.4) is 0 Å². The molecule has 120 valence electrons. The number of anilines is 1. The van der Waals surface area contributed by atoms with Crippen molar-refractivity contribution in [3.8, 4) is 0 Å². The Morgan fingerprint density at radius 2 is 1.87 bits per heavy atom. The molecule has 0 aliphatic heterocycles. The number of benzene rings is 2. The van der Waals surface area contributed by atoms with E-state index >= 15 is 0 Å². The number of nitrogens with one attached hydrogen (secondary N) is 2. The van der Waals surface area contributed by atoms with Crippen molar-refractivity contribution in [3.63, 3.8) is 0 Å². The maximum Gasteiger partial charge on any atom is 0.312 e. The van der Waals surface area contributed by atoms with Crippen molar-refractivity contribution in [2.24, 2.45) is 5.73 Å². The highest BCUT2D eigenvalue weighted by molar-refractivity contribution is 5.92. The number of urea groups is 1. The molecule has 1 atom stereocenters. The monoisotopic (exact) mass is 315 g/mol. The molecule has 5 nitrogen and oxygen atoms in total. The molecule has 0 aliphatic carbocycles. The Hall–Kier alpha value is -2.89. The first-order chi connectivity index (χ1) is 11.0. The van der Waals surface area contributed by atoms with Gasteiger partial charge in [0.25, 0.3) is 0 Å². The van der Waals surface area contributed by atoms with Gasteiger partial charge in [-0.15, -0.1) is 0 Å². The molecule has 4 N–H and O–H groups in total. The van der Waals surface area contributed by atoms with Gasteiger partial charge in [0.1, 0.15) is 5.82 Å². The van der Waals surface area contributed by atoms with Gasteiger partial charge in [-0.05, 0) is 30.2 Å². The van der Waals surface area contributed by atoms with Crippen LogP contribution in [0.15, 0.2) is 48.5 Å². The number of primary amides is 1. The molecule has 0 saturated heterocycles. The molecule has 0 aliphatic rings. The molecule has 0 unspecified atom stereocenters. The highest BCUT2D eigenvalue weighted by Gasteiger charge is 2.18. The minimum Gasteiger partial charge on any atom is -0.352 e. The van der Waals surface area contributed by atoms with E-state index in [2.05, 4.69) is 10.6 Å². The van der Waals surface area contributed by atoms with Crippen LogP contribution in [-0.4, -0.2) is 11.9 Å². The summed E-state index contributed by atoms with van der Waals surface area (Å²) in [5, 5.41) is 5.20. The van der Waals surface area contributed by atoms with E-state index in [0.717, 1.165) is 11.1 Å². The number of nitrogens with two attached hydrogens (primary N) is 1. The molecule has 2 rings (SSSR count). The van der Waals surface area contributed by atoms with Gasteiger partial charge < -0.3 is 16.4 Å². The Labute approximate surface area is 133 Å². The summed E-state index contributed by atoms with van der Waals surface area (Å²) in [7, 11) is 0. The molecule has 0 aromatic heterocycles. The molecule has 0 saturated carbocycles. The number of rotatable bonds is 5. The first-order valence-electron chi connectivity index (χ1n) is 7.12. The first kappa shape index (κ1) is 16.5. The average molecular weight is 315 g/mol. The average Bonchev–Trinajstić information content (AvgIpc) is 2.51. The lowest BCUT2D eigenvalue weighted by atomic mass is 10.0. The van der Waals surface area contributed by atoms with Gasteiger partial charge in [0, 0.05) is 5.69 Å². The standard InChI is InChI=1S/C17H18FN3O2/c1-11-7-8-13(18)9-14(11)20-16(22)10-15(21-17(19)23)12-5-3-2-4-6-12/h2-9,15H,10H2,1H3,(H,20,22)(H3,19,21,23)/t15-/m1/s1. The second-order valence-corrected chi connectivity index (χ2v) is 5.18. The highest BCUT2D eigenvalue weighted by atomic mass is 19.1. The second kappa shape index (κ2) is 7.40. The topological polar surface area (TPSA) is 84.2 Å². The van der Waals surface area contributed by atoms with E-state index in [1.54, 1.807) is 37.3 Å². The quantitative estimate of drug-likeness (QED) is 0.792. The van der Waals surface area contributed by atoms with Crippen molar-refractivity contribution >= 4 is 17.6 Å². The van der Waals surface area contributed by atoms with Crippen LogP contribution in [0.2, 0.25) is 0 Å². The normalized spacial score (nSPS) is 11.6. The third-order valence-electron chi connectivity index (χ3n) is 3.38. The number of halogens is 1. The third kappa shape index (κ3) is 4.81. The van der Waals surface area contributed by atoms with E-state index in [0.29, 0.717) is 5.69 Å². The van der Waals surface area contributed by atoms with E-state index < -0.39 is 17.9 Å². The van der Waals surface area contributed by atoms with E-state index in [-0.39, 0.29) is 12.3 Å². The Morgan fingerprint density at radius 1 is 1.17 bits per heavy atom. The van der Waals surface area contributed by atoms with Gasteiger partial charge in [-0.2, -0.15) is 0 Å². The Bertz CT molecular complexity index is 704. The van der Waals surface area contributed by atoms with Crippen LogP contribution in [-0.2, 0) is 4.79 Å². The molecule has 0 spiro atoms. The van der Waals surface area contributed by atoms with Crippen LogP contribution in [0, 0.1) is 12.7 Å². The molecule has 0 fully saturated rings. The Morgan fingerprint density at radius 3 is 2.52 bits per heavy atom. The lowest BCUT2D eigenvalue weighted by Gasteiger charge is -2.18. The molecule has 6 heteroatoms. The minimum absolute atomic E-state index is 0.0110. The number of hydrogen-bond donors (Lipinski definition) is 3. The van der Waals surface area contributed by atoms with Crippen molar-refractivity contribution in [1.29, 1.82) is 0 Å². The fourth-order valence-corrected chi connectivity index (χ4v) is 2.22. The zero-order valence-corrected chi connectivity index (χ0v) is 12.7. The van der Waals surface area contributed by atoms with Gasteiger partial charge in [-0.25, -0.2) is 9.18 Å². The molecule has 0 heterocycles. The van der Waals surface area contributed by atoms with Crippen molar-refractivity contribution in [3.05, 3.63) is 65.5 Å². The van der Waals surface area contributed by atoms with Crippen molar-refractivity contribution in [2.45, 2.75) is 19.4 Å². The largest absolute Gasteiger partial charge is 0.352 e. The molecule has 0 radical (unpaired) electrons. The minimum atomic E-state index is -0.714. The van der Waals surface area contributed by atoms with Crippen LogP contribution in [0.5, 0.6) is 0 Å². The van der Waals surface area contributed by atoms with E-state index in [4.69, 9.17) is 5.73 Å². The van der Waals surface area contributed by atoms with Gasteiger partial charge in [-0.3, -0.25) is 4.79 Å². The zero-order chi connectivity index (χ0) is 16.8. The first-order valence-corrected chi connectivity index (χ1v) is 7.12. The summed E-state index contributed by atoms with van der Waals surface area (Å²) >= 11 is 0. The van der Waals surface area contributed by atoms with Crippen molar-refractivity contribution in [2.75, 3.05) is 5.32 Å². The predicted molar refractivity (Wildman–Crippen MR) is 86.3 cm³/mol. The summed E-state index contributed by atoms with van der Waals surface area (Å²) < 4.78 is 13.3. The fraction of sp³-hybridized carbons (Fsp3) is 0.176.